The van der Waals surface area contributed by atoms with Crippen molar-refractivity contribution in [3.8, 4) is 0 Å². The van der Waals surface area contributed by atoms with Crippen LogP contribution in [0.3, 0.4) is 0 Å². The van der Waals surface area contributed by atoms with Crippen molar-refractivity contribution >= 4 is 11.9 Å². The van der Waals surface area contributed by atoms with Crippen LogP contribution in [0.1, 0.15) is 32.1 Å². The second-order valence-electron chi connectivity index (χ2n) is 5.82. The minimum absolute atomic E-state index is 0.0794. The maximum atomic E-state index is 11.9. The van der Waals surface area contributed by atoms with Crippen molar-refractivity contribution in [3.63, 3.8) is 0 Å². The Morgan fingerprint density at radius 2 is 2.17 bits per heavy atom. The number of amides is 1. The third-order valence-electron chi connectivity index (χ3n) is 4.57. The molecule has 1 saturated carbocycles. The summed E-state index contributed by atoms with van der Waals surface area (Å²) in [5.41, 5.74) is 0.0794. The Bertz CT molecular complexity index is 350. The third-order valence-corrected chi connectivity index (χ3v) is 4.57. The molecule has 1 aliphatic heterocycles. The number of likely N-dealkylation sites (N-methyl/N-ethyl adjacent to an activating group) is 1. The van der Waals surface area contributed by atoms with Gasteiger partial charge in [0.2, 0.25) is 5.91 Å². The smallest absolute Gasteiger partial charge is 0.308 e. The first kappa shape index (κ1) is 13.3. The number of hydrogen-bond donors (Lipinski definition) is 1. The van der Waals surface area contributed by atoms with Gasteiger partial charge >= 0.3 is 5.97 Å². The first-order valence-corrected chi connectivity index (χ1v) is 6.63. The number of piperidine rings is 1. The summed E-state index contributed by atoms with van der Waals surface area (Å²) in [7, 11) is 4.09. The molecular formula is C13H22N2O3. The highest BCUT2D eigenvalue weighted by Crippen LogP contribution is 2.37. The lowest BCUT2D eigenvalue weighted by molar-refractivity contribution is -0.149. The fraction of sp³-hybridized carbons (Fsp3) is 0.846. The molecule has 5 nitrogen and oxygen atoms in total. The summed E-state index contributed by atoms with van der Waals surface area (Å²) in [4.78, 5) is 26.9. The fourth-order valence-electron chi connectivity index (χ4n) is 2.96. The lowest BCUT2D eigenvalue weighted by atomic mass is 9.75. The lowest BCUT2D eigenvalue weighted by Crippen LogP contribution is -2.59. The van der Waals surface area contributed by atoms with E-state index in [0.29, 0.717) is 25.9 Å². The molecule has 1 saturated heterocycles. The first-order valence-electron chi connectivity index (χ1n) is 6.63. The number of hydrogen-bond acceptors (Lipinski definition) is 3. The minimum Gasteiger partial charge on any atom is -0.481 e. The Morgan fingerprint density at radius 3 is 2.61 bits per heavy atom. The van der Waals surface area contributed by atoms with Gasteiger partial charge in [0.25, 0.3) is 0 Å². The molecule has 1 N–H and O–H groups in total. The third kappa shape index (κ3) is 2.36. The number of nitrogens with zero attached hydrogens (tertiary/aromatic N) is 2. The molecule has 1 aliphatic carbocycles. The molecule has 1 heterocycles. The SMILES string of the molecule is CN(C)C1(CN2CC(C(=O)O)CCC2=O)CCC1. The molecule has 2 rings (SSSR count). The monoisotopic (exact) mass is 254 g/mol. The van der Waals surface area contributed by atoms with E-state index in [4.69, 9.17) is 5.11 Å². The predicted molar refractivity (Wildman–Crippen MR) is 67.2 cm³/mol. The fourth-order valence-corrected chi connectivity index (χ4v) is 2.96. The molecule has 5 heteroatoms. The largest absolute Gasteiger partial charge is 0.481 e. The van der Waals surface area contributed by atoms with Crippen LogP contribution in [0.4, 0.5) is 0 Å². The van der Waals surface area contributed by atoms with E-state index >= 15 is 0 Å². The van der Waals surface area contributed by atoms with Crippen molar-refractivity contribution in [1.29, 1.82) is 0 Å². The maximum absolute atomic E-state index is 11.9. The van der Waals surface area contributed by atoms with Crippen LogP contribution >= 0.6 is 0 Å². The van der Waals surface area contributed by atoms with Crippen LogP contribution < -0.4 is 0 Å². The van der Waals surface area contributed by atoms with Crippen molar-refractivity contribution in [3.05, 3.63) is 0 Å². The van der Waals surface area contributed by atoms with Crippen LogP contribution in [0.5, 0.6) is 0 Å². The van der Waals surface area contributed by atoms with Crippen molar-refractivity contribution in [2.75, 3.05) is 27.2 Å². The highest BCUT2D eigenvalue weighted by atomic mass is 16.4. The number of carbonyl (C=O) groups excluding carboxylic acids is 1. The van der Waals surface area contributed by atoms with Crippen LogP contribution in [0.2, 0.25) is 0 Å². The van der Waals surface area contributed by atoms with E-state index in [9.17, 15) is 9.59 Å². The quantitative estimate of drug-likeness (QED) is 0.806. The van der Waals surface area contributed by atoms with Crippen molar-refractivity contribution in [2.45, 2.75) is 37.6 Å². The standard InChI is InChI=1S/C13H22N2O3/c1-14(2)13(6-3-7-13)9-15-8-10(12(17)18)4-5-11(15)16/h10H,3-9H2,1-2H3,(H,17,18). The average Bonchev–Trinajstić information content (AvgIpc) is 2.24. The highest BCUT2D eigenvalue weighted by molar-refractivity contribution is 5.80. The van der Waals surface area contributed by atoms with E-state index in [-0.39, 0.29) is 17.4 Å². The van der Waals surface area contributed by atoms with Crippen LogP contribution in [0, 0.1) is 5.92 Å². The number of rotatable bonds is 4. The molecule has 0 spiro atoms. The molecule has 0 bridgehead atoms. The summed E-state index contributed by atoms with van der Waals surface area (Å²) < 4.78 is 0. The second-order valence-corrected chi connectivity index (χ2v) is 5.82. The molecule has 0 radical (unpaired) electrons. The molecule has 1 unspecified atom stereocenters. The summed E-state index contributed by atoms with van der Waals surface area (Å²) in [5, 5.41) is 9.07. The Balaban J connectivity index is 2.02. The van der Waals surface area contributed by atoms with E-state index < -0.39 is 5.97 Å². The molecule has 102 valence electrons. The molecule has 18 heavy (non-hydrogen) atoms. The van der Waals surface area contributed by atoms with Crippen LogP contribution in [-0.4, -0.2) is 59.5 Å². The van der Waals surface area contributed by atoms with E-state index in [1.54, 1.807) is 4.90 Å². The lowest BCUT2D eigenvalue weighted by Gasteiger charge is -2.50. The van der Waals surface area contributed by atoms with Gasteiger partial charge < -0.3 is 14.9 Å². The number of likely N-dealkylation sites (tertiary alicyclic amines) is 1. The Kier molecular flexibility index (Phi) is 3.61. The summed E-state index contributed by atoms with van der Waals surface area (Å²) in [6, 6.07) is 0. The number of carbonyl (C=O) groups is 2. The van der Waals surface area contributed by atoms with Crippen molar-refractivity contribution in [2.24, 2.45) is 5.92 Å². The van der Waals surface area contributed by atoms with Crippen LogP contribution in [0.15, 0.2) is 0 Å². The molecule has 2 fully saturated rings. The van der Waals surface area contributed by atoms with Crippen LogP contribution in [0.25, 0.3) is 0 Å². The van der Waals surface area contributed by atoms with Gasteiger partial charge in [0.05, 0.1) is 5.92 Å². The van der Waals surface area contributed by atoms with Gasteiger partial charge in [-0.1, -0.05) is 0 Å². The van der Waals surface area contributed by atoms with Gasteiger partial charge in [0.1, 0.15) is 0 Å². The zero-order valence-corrected chi connectivity index (χ0v) is 11.2. The first-order chi connectivity index (χ1) is 8.44. The zero-order valence-electron chi connectivity index (χ0n) is 11.2. The molecule has 0 aromatic heterocycles. The van der Waals surface area contributed by atoms with Crippen LogP contribution in [-0.2, 0) is 9.59 Å². The Morgan fingerprint density at radius 1 is 1.50 bits per heavy atom. The zero-order chi connectivity index (χ0) is 13.3. The molecule has 2 aliphatic rings. The normalized spacial score (nSPS) is 27.2. The molecular weight excluding hydrogens is 232 g/mol. The number of aliphatic carboxylic acids is 1. The van der Waals surface area contributed by atoms with Gasteiger partial charge in [0, 0.05) is 25.0 Å². The van der Waals surface area contributed by atoms with E-state index in [2.05, 4.69) is 4.90 Å². The van der Waals surface area contributed by atoms with E-state index in [1.807, 2.05) is 14.1 Å². The van der Waals surface area contributed by atoms with E-state index in [1.165, 1.54) is 6.42 Å². The van der Waals surface area contributed by atoms with Gasteiger partial charge in [0.15, 0.2) is 0 Å². The molecule has 1 atom stereocenters. The predicted octanol–water partition coefficient (Wildman–Crippen LogP) is 0.794. The van der Waals surface area contributed by atoms with Gasteiger partial charge in [-0.05, 0) is 39.8 Å². The second kappa shape index (κ2) is 4.88. The minimum atomic E-state index is -0.778. The van der Waals surface area contributed by atoms with Gasteiger partial charge in [-0.2, -0.15) is 0 Å². The summed E-state index contributed by atoms with van der Waals surface area (Å²) >= 11 is 0. The Hall–Kier alpha value is -1.10. The van der Waals surface area contributed by atoms with Crippen molar-refractivity contribution in [1.82, 2.24) is 9.80 Å². The number of carboxylic acid groups (broad SMARTS) is 1. The Labute approximate surface area is 108 Å². The van der Waals surface area contributed by atoms with E-state index in [0.717, 1.165) is 12.8 Å². The highest BCUT2D eigenvalue weighted by Gasteiger charge is 2.43. The topological polar surface area (TPSA) is 60.9 Å². The summed E-state index contributed by atoms with van der Waals surface area (Å²) in [6.07, 6.45) is 4.26. The molecule has 0 aromatic rings. The average molecular weight is 254 g/mol. The summed E-state index contributed by atoms with van der Waals surface area (Å²) in [5.74, 6) is -1.05. The van der Waals surface area contributed by atoms with Gasteiger partial charge in [-0.25, -0.2) is 0 Å². The molecule has 0 aromatic carbocycles. The van der Waals surface area contributed by atoms with Crippen molar-refractivity contribution < 1.29 is 14.7 Å². The van der Waals surface area contributed by atoms with Gasteiger partial charge in [-0.15, -0.1) is 0 Å². The maximum Gasteiger partial charge on any atom is 0.308 e. The number of carboxylic acids is 1. The molecule has 1 amide bonds. The van der Waals surface area contributed by atoms with Gasteiger partial charge in [-0.3, -0.25) is 9.59 Å². The summed E-state index contributed by atoms with van der Waals surface area (Å²) in [6.45, 7) is 1.06.